The summed E-state index contributed by atoms with van der Waals surface area (Å²) in [6.45, 7) is 2.25. The minimum absolute atomic E-state index is 0.000752. The Morgan fingerprint density at radius 2 is 2.00 bits per heavy atom. The molecule has 3 rings (SSSR count). The number of unbranched alkanes of at least 4 members (excludes halogenated alkanes) is 1. The Morgan fingerprint density at radius 1 is 1.20 bits per heavy atom. The van der Waals surface area contributed by atoms with E-state index >= 15 is 0 Å². The van der Waals surface area contributed by atoms with Crippen LogP contribution in [0.25, 0.3) is 0 Å². The van der Waals surface area contributed by atoms with Crippen LogP contribution in [0.1, 0.15) is 67.3 Å². The SMILES string of the molecule is COC(=O)CC(C/C=C\CCCc1ccc2c(n1)N(C(C)=O)CCC2)c1cccc(C(F)(F)F)c1. The van der Waals surface area contributed by atoms with Gasteiger partial charge in [0.2, 0.25) is 5.91 Å². The molecular weight excluding hydrogens is 457 g/mol. The van der Waals surface area contributed by atoms with Gasteiger partial charge in [0.25, 0.3) is 0 Å². The van der Waals surface area contributed by atoms with E-state index in [1.165, 1.54) is 13.2 Å². The Morgan fingerprint density at radius 3 is 2.71 bits per heavy atom. The van der Waals surface area contributed by atoms with Crippen LogP contribution in [0.4, 0.5) is 19.0 Å². The Bertz CT molecular complexity index is 1070. The molecule has 5 nitrogen and oxygen atoms in total. The van der Waals surface area contributed by atoms with Gasteiger partial charge in [-0.25, -0.2) is 4.98 Å². The number of aryl methyl sites for hydroxylation is 2. The molecule has 1 atom stereocenters. The lowest BCUT2D eigenvalue weighted by molar-refractivity contribution is -0.141. The normalized spacial score (nSPS) is 14.6. The molecule has 188 valence electrons. The van der Waals surface area contributed by atoms with Crippen LogP contribution in [0.15, 0.2) is 48.6 Å². The number of allylic oxidation sites excluding steroid dienone is 2. The van der Waals surface area contributed by atoms with Gasteiger partial charge in [-0.2, -0.15) is 13.2 Å². The second-order valence-corrected chi connectivity index (χ2v) is 8.76. The zero-order valence-corrected chi connectivity index (χ0v) is 20.1. The molecule has 1 unspecified atom stereocenters. The highest BCUT2D eigenvalue weighted by atomic mass is 19.4. The topological polar surface area (TPSA) is 59.5 Å². The number of carbonyl (C=O) groups is 2. The summed E-state index contributed by atoms with van der Waals surface area (Å²) in [6.07, 6.45) is 4.12. The molecular formula is C27H31F3N2O3. The van der Waals surface area contributed by atoms with Crippen molar-refractivity contribution in [1.29, 1.82) is 0 Å². The van der Waals surface area contributed by atoms with E-state index in [2.05, 4.69) is 6.07 Å². The standard InChI is InChI=1S/C27H31F3N2O3/c1-19(33)32-16-8-11-20-14-15-24(31-26(20)32)13-6-4-3-5-9-22(18-25(34)35-2)21-10-7-12-23(17-21)27(28,29)30/h3,5,7,10,12,14-15,17,22H,4,6,8-9,11,13,16,18H2,1-2H3/b5-3-. The van der Waals surface area contributed by atoms with Crippen molar-refractivity contribution in [2.75, 3.05) is 18.6 Å². The van der Waals surface area contributed by atoms with Gasteiger partial charge in [0.05, 0.1) is 19.1 Å². The van der Waals surface area contributed by atoms with E-state index in [4.69, 9.17) is 9.72 Å². The molecule has 0 radical (unpaired) electrons. The van der Waals surface area contributed by atoms with Crippen LogP contribution in [0.3, 0.4) is 0 Å². The first-order valence-corrected chi connectivity index (χ1v) is 11.8. The molecule has 1 aromatic heterocycles. The number of alkyl halides is 3. The molecule has 0 saturated heterocycles. The first-order chi connectivity index (χ1) is 16.7. The summed E-state index contributed by atoms with van der Waals surface area (Å²) in [4.78, 5) is 30.2. The Balaban J connectivity index is 1.58. The minimum Gasteiger partial charge on any atom is -0.469 e. The van der Waals surface area contributed by atoms with Gasteiger partial charge in [-0.15, -0.1) is 0 Å². The molecule has 0 aliphatic carbocycles. The summed E-state index contributed by atoms with van der Waals surface area (Å²) in [5.74, 6) is -0.0934. The number of fused-ring (bicyclic) bond motifs is 1. The smallest absolute Gasteiger partial charge is 0.416 e. The number of pyridine rings is 1. The number of hydrogen-bond acceptors (Lipinski definition) is 4. The van der Waals surface area contributed by atoms with Crippen LogP contribution in [-0.4, -0.2) is 30.5 Å². The van der Waals surface area contributed by atoms with Crippen molar-refractivity contribution in [2.24, 2.45) is 0 Å². The van der Waals surface area contributed by atoms with Crippen molar-refractivity contribution >= 4 is 17.7 Å². The van der Waals surface area contributed by atoms with Gasteiger partial charge in [0.1, 0.15) is 5.82 Å². The second kappa shape index (κ2) is 12.0. The van der Waals surface area contributed by atoms with Crippen molar-refractivity contribution in [3.8, 4) is 0 Å². The largest absolute Gasteiger partial charge is 0.469 e. The monoisotopic (exact) mass is 488 g/mol. The Kier molecular flexibility index (Phi) is 9.07. The number of aromatic nitrogens is 1. The molecule has 1 aliphatic rings. The van der Waals surface area contributed by atoms with E-state index in [9.17, 15) is 22.8 Å². The number of methoxy groups -OCH3 is 1. The first-order valence-electron chi connectivity index (χ1n) is 11.8. The van der Waals surface area contributed by atoms with E-state index in [0.29, 0.717) is 18.5 Å². The predicted octanol–water partition coefficient (Wildman–Crippen LogP) is 6.02. The van der Waals surface area contributed by atoms with E-state index in [1.54, 1.807) is 17.9 Å². The molecule has 2 heterocycles. The zero-order valence-electron chi connectivity index (χ0n) is 20.1. The fourth-order valence-corrected chi connectivity index (χ4v) is 4.29. The lowest BCUT2D eigenvalue weighted by Gasteiger charge is -2.27. The fraction of sp³-hybridized carbons (Fsp3) is 0.444. The molecule has 35 heavy (non-hydrogen) atoms. The summed E-state index contributed by atoms with van der Waals surface area (Å²) in [7, 11) is 1.27. The molecule has 0 bridgehead atoms. The molecule has 1 aromatic carbocycles. The minimum atomic E-state index is -4.44. The summed E-state index contributed by atoms with van der Waals surface area (Å²) in [5, 5.41) is 0. The zero-order chi connectivity index (χ0) is 25.4. The van der Waals surface area contributed by atoms with E-state index < -0.39 is 23.6 Å². The molecule has 8 heteroatoms. The number of benzene rings is 1. The van der Waals surface area contributed by atoms with E-state index in [1.807, 2.05) is 18.2 Å². The first kappa shape index (κ1) is 26.4. The number of carbonyl (C=O) groups excluding carboxylic acids is 2. The number of amides is 1. The summed E-state index contributed by atoms with van der Waals surface area (Å²) < 4.78 is 44.1. The number of hydrogen-bond donors (Lipinski definition) is 0. The van der Waals surface area contributed by atoms with E-state index in [-0.39, 0.29) is 12.3 Å². The average Bonchev–Trinajstić information content (AvgIpc) is 2.84. The molecule has 0 N–H and O–H groups in total. The third-order valence-electron chi connectivity index (χ3n) is 6.19. The van der Waals surface area contributed by atoms with Crippen LogP contribution < -0.4 is 4.90 Å². The molecule has 0 saturated carbocycles. The maximum Gasteiger partial charge on any atom is 0.416 e. The number of nitrogens with zero attached hydrogens (tertiary/aromatic N) is 2. The van der Waals surface area contributed by atoms with Gasteiger partial charge >= 0.3 is 12.1 Å². The molecule has 1 aliphatic heterocycles. The van der Waals surface area contributed by atoms with Gasteiger partial charge in [-0.05, 0) is 67.7 Å². The van der Waals surface area contributed by atoms with Gasteiger partial charge in [-0.1, -0.05) is 36.4 Å². The van der Waals surface area contributed by atoms with Crippen molar-refractivity contribution in [3.63, 3.8) is 0 Å². The predicted molar refractivity (Wildman–Crippen MR) is 128 cm³/mol. The third kappa shape index (κ3) is 7.41. The maximum atomic E-state index is 13.1. The third-order valence-corrected chi connectivity index (χ3v) is 6.19. The van der Waals surface area contributed by atoms with Crippen molar-refractivity contribution < 1.29 is 27.5 Å². The van der Waals surface area contributed by atoms with Gasteiger partial charge in [-0.3, -0.25) is 14.5 Å². The van der Waals surface area contributed by atoms with Crippen molar-refractivity contribution in [2.45, 2.75) is 64.0 Å². The fourth-order valence-electron chi connectivity index (χ4n) is 4.29. The lowest BCUT2D eigenvalue weighted by atomic mass is 9.91. The molecule has 1 amide bonds. The van der Waals surface area contributed by atoms with Gasteiger partial charge < -0.3 is 4.74 Å². The van der Waals surface area contributed by atoms with Crippen LogP contribution in [0, 0.1) is 0 Å². The number of esters is 1. The number of ether oxygens (including phenoxy) is 1. The highest BCUT2D eigenvalue weighted by molar-refractivity contribution is 5.91. The summed E-state index contributed by atoms with van der Waals surface area (Å²) in [6, 6.07) is 9.17. The maximum absolute atomic E-state index is 13.1. The van der Waals surface area contributed by atoms with Crippen LogP contribution >= 0.6 is 0 Å². The van der Waals surface area contributed by atoms with Crippen molar-refractivity contribution in [1.82, 2.24) is 4.98 Å². The van der Waals surface area contributed by atoms with Crippen LogP contribution in [0.5, 0.6) is 0 Å². The average molecular weight is 489 g/mol. The number of rotatable bonds is 9. The van der Waals surface area contributed by atoms with Crippen LogP contribution in [0.2, 0.25) is 0 Å². The van der Waals surface area contributed by atoms with E-state index in [0.717, 1.165) is 61.3 Å². The van der Waals surface area contributed by atoms with Crippen LogP contribution in [-0.2, 0) is 33.3 Å². The molecule has 0 fully saturated rings. The number of anilines is 1. The number of halogens is 3. The lowest BCUT2D eigenvalue weighted by Crippen LogP contribution is -2.34. The van der Waals surface area contributed by atoms with Gasteiger partial charge in [0, 0.05) is 19.2 Å². The summed E-state index contributed by atoms with van der Waals surface area (Å²) in [5.41, 5.74) is 1.76. The molecule has 0 spiro atoms. The second-order valence-electron chi connectivity index (χ2n) is 8.76. The highest BCUT2D eigenvalue weighted by Crippen LogP contribution is 2.33. The van der Waals surface area contributed by atoms with Gasteiger partial charge in [0.15, 0.2) is 0 Å². The Hall–Kier alpha value is -3.16. The Labute approximate surface area is 204 Å². The summed E-state index contributed by atoms with van der Waals surface area (Å²) >= 11 is 0. The van der Waals surface area contributed by atoms with Crippen molar-refractivity contribution in [3.05, 3.63) is 70.9 Å². The quantitative estimate of drug-likeness (QED) is 0.246. The molecule has 2 aromatic rings. The highest BCUT2D eigenvalue weighted by Gasteiger charge is 2.31.